The van der Waals surface area contributed by atoms with E-state index in [0.717, 1.165) is 0 Å². The first-order chi connectivity index (χ1) is 14.1. The average Bonchev–Trinajstić information content (AvgIpc) is 2.94. The largest absolute Gasteiger partial charge is 0.350 e. The second-order valence-corrected chi connectivity index (χ2v) is 9.09. The number of nitrogens with zero attached hydrogens (tertiary/aromatic N) is 2. The molecule has 0 aliphatic carbocycles. The Balaban J connectivity index is 1.74. The molecule has 0 unspecified atom stereocenters. The van der Waals surface area contributed by atoms with E-state index in [-0.39, 0.29) is 39.9 Å². The summed E-state index contributed by atoms with van der Waals surface area (Å²) in [6.45, 7) is 3.52. The summed E-state index contributed by atoms with van der Waals surface area (Å²) in [5.74, 6) is -0.529. The Morgan fingerprint density at radius 1 is 1.17 bits per heavy atom. The van der Waals surface area contributed by atoms with Gasteiger partial charge in [-0.05, 0) is 44.2 Å². The van der Waals surface area contributed by atoms with Crippen LogP contribution in [0.5, 0.6) is 0 Å². The Morgan fingerprint density at radius 3 is 2.57 bits per heavy atom. The van der Waals surface area contributed by atoms with Crippen molar-refractivity contribution < 1.29 is 18.0 Å². The third-order valence-electron chi connectivity index (χ3n) is 4.28. The quantitative estimate of drug-likeness (QED) is 0.730. The van der Waals surface area contributed by atoms with Crippen LogP contribution in [0.3, 0.4) is 0 Å². The van der Waals surface area contributed by atoms with Gasteiger partial charge < -0.3 is 15.5 Å². The molecule has 2 aromatic carbocycles. The van der Waals surface area contributed by atoms with Crippen LogP contribution in [0, 0.1) is 0 Å². The molecule has 0 saturated heterocycles. The van der Waals surface area contributed by atoms with Crippen molar-refractivity contribution in [1.82, 2.24) is 10.2 Å². The van der Waals surface area contributed by atoms with Crippen LogP contribution in [-0.4, -0.2) is 50.6 Å². The van der Waals surface area contributed by atoms with Gasteiger partial charge in [0.15, 0.2) is 5.84 Å². The van der Waals surface area contributed by atoms with Crippen LogP contribution in [-0.2, 0) is 14.8 Å². The van der Waals surface area contributed by atoms with Crippen molar-refractivity contribution in [3.05, 3.63) is 58.6 Å². The van der Waals surface area contributed by atoms with Gasteiger partial charge in [-0.1, -0.05) is 23.7 Å². The predicted molar refractivity (Wildman–Crippen MR) is 115 cm³/mol. The first-order valence-corrected chi connectivity index (χ1v) is 11.0. The van der Waals surface area contributed by atoms with Crippen molar-refractivity contribution in [2.24, 2.45) is 4.40 Å². The number of sulfonamides is 1. The molecule has 2 N–H and O–H groups in total. The van der Waals surface area contributed by atoms with Crippen molar-refractivity contribution in [3.63, 3.8) is 0 Å². The number of likely N-dealkylation sites (N-methyl/N-ethyl adjacent to an activating group) is 1. The van der Waals surface area contributed by atoms with Gasteiger partial charge in [0.25, 0.3) is 15.9 Å². The molecule has 158 valence electrons. The molecule has 0 saturated carbocycles. The van der Waals surface area contributed by atoms with Gasteiger partial charge in [-0.25, -0.2) is 0 Å². The molecular weight excluding hydrogens is 428 g/mol. The molecule has 1 heterocycles. The number of nitrogens with one attached hydrogen (secondary N) is 2. The summed E-state index contributed by atoms with van der Waals surface area (Å²) >= 11 is 6.16. The summed E-state index contributed by atoms with van der Waals surface area (Å²) in [5, 5.41) is 5.71. The van der Waals surface area contributed by atoms with Crippen molar-refractivity contribution in [1.29, 1.82) is 0 Å². The highest BCUT2D eigenvalue weighted by molar-refractivity contribution is 7.90. The van der Waals surface area contributed by atoms with E-state index in [1.165, 1.54) is 23.1 Å². The molecule has 1 aliphatic rings. The zero-order valence-corrected chi connectivity index (χ0v) is 18.2. The maximum Gasteiger partial charge on any atom is 0.285 e. The van der Waals surface area contributed by atoms with Gasteiger partial charge in [0.05, 0.1) is 17.3 Å². The second-order valence-electron chi connectivity index (χ2n) is 7.11. The van der Waals surface area contributed by atoms with Crippen molar-refractivity contribution >= 4 is 45.0 Å². The second kappa shape index (κ2) is 8.45. The molecule has 0 bridgehead atoms. The number of amides is 2. The predicted octanol–water partition coefficient (Wildman–Crippen LogP) is 2.50. The Hall–Kier alpha value is -2.91. The molecule has 0 radical (unpaired) electrons. The lowest BCUT2D eigenvalue weighted by molar-refractivity contribution is -0.116. The monoisotopic (exact) mass is 448 g/mol. The maximum absolute atomic E-state index is 12.5. The zero-order chi connectivity index (χ0) is 22.1. The summed E-state index contributed by atoms with van der Waals surface area (Å²) in [6.07, 6.45) is 0. The molecule has 0 fully saturated rings. The van der Waals surface area contributed by atoms with Gasteiger partial charge in [-0.3, -0.25) is 9.59 Å². The van der Waals surface area contributed by atoms with Gasteiger partial charge in [0.1, 0.15) is 4.90 Å². The number of benzene rings is 2. The number of carbonyl (C=O) groups excluding carboxylic acids is 2. The Labute approximate surface area is 180 Å². The van der Waals surface area contributed by atoms with Crippen LogP contribution in [0.2, 0.25) is 5.02 Å². The summed E-state index contributed by atoms with van der Waals surface area (Å²) in [6, 6.07) is 11.0. The van der Waals surface area contributed by atoms with E-state index in [1.54, 1.807) is 31.3 Å². The van der Waals surface area contributed by atoms with Gasteiger partial charge in [0, 0.05) is 24.2 Å². The van der Waals surface area contributed by atoms with E-state index in [9.17, 15) is 18.0 Å². The molecule has 0 spiro atoms. The number of fused-ring (bicyclic) bond motifs is 1. The third kappa shape index (κ3) is 4.63. The Kier molecular flexibility index (Phi) is 6.14. The third-order valence-corrected chi connectivity index (χ3v) is 5.93. The fraction of sp³-hybridized carbons (Fsp3) is 0.250. The van der Waals surface area contributed by atoms with E-state index < -0.39 is 15.9 Å². The summed E-state index contributed by atoms with van der Waals surface area (Å²) < 4.78 is 28.2. The van der Waals surface area contributed by atoms with E-state index in [1.807, 2.05) is 13.8 Å². The van der Waals surface area contributed by atoms with Crippen molar-refractivity contribution in [2.45, 2.75) is 24.8 Å². The molecule has 1 aliphatic heterocycles. The highest BCUT2D eigenvalue weighted by Gasteiger charge is 2.31. The van der Waals surface area contributed by atoms with Crippen LogP contribution in [0.1, 0.15) is 29.8 Å². The van der Waals surface area contributed by atoms with Crippen LogP contribution in [0.15, 0.2) is 51.8 Å². The lowest BCUT2D eigenvalue weighted by atomic mass is 10.1. The minimum atomic E-state index is -3.78. The van der Waals surface area contributed by atoms with Crippen LogP contribution >= 0.6 is 11.6 Å². The lowest BCUT2D eigenvalue weighted by Crippen LogP contribution is -2.35. The first-order valence-electron chi connectivity index (χ1n) is 9.14. The highest BCUT2D eigenvalue weighted by atomic mass is 35.5. The van der Waals surface area contributed by atoms with E-state index in [0.29, 0.717) is 11.1 Å². The zero-order valence-electron chi connectivity index (χ0n) is 16.6. The highest BCUT2D eigenvalue weighted by Crippen LogP contribution is 2.27. The van der Waals surface area contributed by atoms with Gasteiger partial charge in [0.2, 0.25) is 5.91 Å². The van der Waals surface area contributed by atoms with Crippen molar-refractivity contribution in [2.75, 3.05) is 18.9 Å². The molecule has 30 heavy (non-hydrogen) atoms. The van der Waals surface area contributed by atoms with Gasteiger partial charge >= 0.3 is 0 Å². The molecule has 10 heteroatoms. The van der Waals surface area contributed by atoms with E-state index in [2.05, 4.69) is 15.0 Å². The number of hydrogen-bond donors (Lipinski definition) is 2. The van der Waals surface area contributed by atoms with Crippen LogP contribution in [0.4, 0.5) is 5.69 Å². The molecule has 2 aromatic rings. The van der Waals surface area contributed by atoms with Crippen LogP contribution < -0.4 is 10.6 Å². The summed E-state index contributed by atoms with van der Waals surface area (Å²) in [7, 11) is -2.20. The normalized spacial score (nSPS) is 14.1. The smallest absolute Gasteiger partial charge is 0.285 e. The standard InChI is InChI=1S/C20H21ClN4O4S/c1-12(2)22-20(27)13-8-9-15(21)16(10-13)23-18(26)11-25(3)19-14-6-4-5-7-17(14)30(28,29)24-19/h4-10,12H,11H2,1-3H3,(H,22,27)(H,23,26). The number of rotatable bonds is 5. The minimum Gasteiger partial charge on any atom is -0.350 e. The molecular formula is C20H21ClN4O4S. The maximum atomic E-state index is 12.5. The lowest BCUT2D eigenvalue weighted by Gasteiger charge is -2.19. The van der Waals surface area contributed by atoms with Crippen LogP contribution in [0.25, 0.3) is 0 Å². The Morgan fingerprint density at radius 2 is 1.87 bits per heavy atom. The topological polar surface area (TPSA) is 108 Å². The van der Waals surface area contributed by atoms with E-state index >= 15 is 0 Å². The summed E-state index contributed by atoms with van der Waals surface area (Å²) in [4.78, 5) is 26.3. The first kappa shape index (κ1) is 21.8. The summed E-state index contributed by atoms with van der Waals surface area (Å²) in [5.41, 5.74) is 1.09. The van der Waals surface area contributed by atoms with Gasteiger partial charge in [-0.2, -0.15) is 8.42 Å². The molecule has 3 rings (SSSR count). The fourth-order valence-corrected chi connectivity index (χ4v) is 4.37. The molecule has 0 atom stereocenters. The average molecular weight is 449 g/mol. The molecule has 0 aromatic heterocycles. The molecule has 8 nitrogen and oxygen atoms in total. The molecule has 2 amide bonds. The SMILES string of the molecule is CC(C)NC(=O)c1ccc(Cl)c(NC(=O)CN(C)C2=NS(=O)(=O)c3ccccc32)c1. The number of carbonyl (C=O) groups is 2. The fourth-order valence-electron chi connectivity index (χ4n) is 2.95. The number of hydrogen-bond acceptors (Lipinski definition) is 5. The van der Waals surface area contributed by atoms with Gasteiger partial charge in [-0.15, -0.1) is 4.40 Å². The number of anilines is 1. The van der Waals surface area contributed by atoms with E-state index in [4.69, 9.17) is 11.6 Å². The number of amidine groups is 1. The Bertz CT molecular complexity index is 1150. The number of halogens is 1. The minimum absolute atomic E-state index is 0.0359. The van der Waals surface area contributed by atoms with Crippen molar-refractivity contribution in [3.8, 4) is 0 Å².